The van der Waals surface area contributed by atoms with E-state index < -0.39 is 0 Å². The average Bonchev–Trinajstić information content (AvgIpc) is 2.16. The van der Waals surface area contributed by atoms with Gasteiger partial charge in [-0.2, -0.15) is 0 Å². The normalized spacial score (nSPS) is 26.4. The topological polar surface area (TPSA) is 62.3 Å². The van der Waals surface area contributed by atoms with Crippen LogP contribution in [0, 0.1) is 11.3 Å². The first kappa shape index (κ1) is 11.5. The molecule has 1 aliphatic rings. The van der Waals surface area contributed by atoms with E-state index in [-0.39, 0.29) is 11.9 Å². The third-order valence-electron chi connectivity index (χ3n) is 2.99. The third kappa shape index (κ3) is 2.69. The summed E-state index contributed by atoms with van der Waals surface area (Å²) in [5, 5.41) is 7.35. The molecule has 0 aliphatic carbocycles. The smallest absolute Gasteiger partial charge is 0.127 e. The number of hydrogen-bond donors (Lipinski definition) is 2. The van der Waals surface area contributed by atoms with Crippen LogP contribution in [-0.2, 0) is 4.74 Å². The van der Waals surface area contributed by atoms with Crippen molar-refractivity contribution >= 4 is 5.84 Å². The largest absolute Gasteiger partial charge is 0.385 e. The second kappa shape index (κ2) is 4.75. The summed E-state index contributed by atoms with van der Waals surface area (Å²) >= 11 is 0. The van der Waals surface area contributed by atoms with Crippen molar-refractivity contribution in [1.29, 1.82) is 5.41 Å². The van der Waals surface area contributed by atoms with Gasteiger partial charge >= 0.3 is 0 Å². The Kier molecular flexibility index (Phi) is 3.89. The van der Waals surface area contributed by atoms with Crippen LogP contribution >= 0.6 is 0 Å². The molecule has 1 aliphatic heterocycles. The molecule has 1 rings (SSSR count). The van der Waals surface area contributed by atoms with E-state index >= 15 is 0 Å². The van der Waals surface area contributed by atoms with Crippen LogP contribution in [0.15, 0.2) is 0 Å². The van der Waals surface area contributed by atoms with Crippen molar-refractivity contribution in [2.45, 2.75) is 32.9 Å². The van der Waals surface area contributed by atoms with E-state index in [4.69, 9.17) is 15.9 Å². The summed E-state index contributed by atoms with van der Waals surface area (Å²) in [6.45, 7) is 9.03. The molecule has 2 unspecified atom stereocenters. The molecule has 1 heterocycles. The van der Waals surface area contributed by atoms with Crippen LogP contribution in [0.4, 0.5) is 0 Å². The van der Waals surface area contributed by atoms with Gasteiger partial charge in [0.2, 0.25) is 0 Å². The number of rotatable bonds is 3. The zero-order valence-electron chi connectivity index (χ0n) is 9.29. The maximum Gasteiger partial charge on any atom is 0.127 e. The molecule has 0 bridgehead atoms. The van der Waals surface area contributed by atoms with Gasteiger partial charge < -0.3 is 10.5 Å². The number of morpholine rings is 1. The molecular weight excluding hydrogens is 178 g/mol. The Hall–Kier alpha value is -0.610. The Bertz CT molecular complexity index is 206. The summed E-state index contributed by atoms with van der Waals surface area (Å²) in [6, 6.07) is 0.528. The number of ether oxygens (including phenoxy) is 1. The van der Waals surface area contributed by atoms with E-state index in [2.05, 4.69) is 25.7 Å². The van der Waals surface area contributed by atoms with Crippen molar-refractivity contribution in [3.05, 3.63) is 0 Å². The maximum atomic E-state index is 7.35. The van der Waals surface area contributed by atoms with Crippen LogP contribution in [0.3, 0.4) is 0 Å². The lowest BCUT2D eigenvalue weighted by Gasteiger charge is -2.38. The highest BCUT2D eigenvalue weighted by molar-refractivity contribution is 5.82. The fourth-order valence-corrected chi connectivity index (χ4v) is 1.65. The van der Waals surface area contributed by atoms with Gasteiger partial charge in [-0.15, -0.1) is 0 Å². The van der Waals surface area contributed by atoms with Gasteiger partial charge in [-0.05, 0) is 12.8 Å². The highest BCUT2D eigenvalue weighted by Gasteiger charge is 2.26. The molecule has 4 heteroatoms. The fourth-order valence-electron chi connectivity index (χ4n) is 1.65. The molecule has 3 N–H and O–H groups in total. The van der Waals surface area contributed by atoms with Gasteiger partial charge in [0.25, 0.3) is 0 Å². The van der Waals surface area contributed by atoms with Gasteiger partial charge in [0, 0.05) is 19.1 Å². The Morgan fingerprint density at radius 1 is 1.50 bits per heavy atom. The minimum Gasteiger partial charge on any atom is -0.385 e. The first-order valence-corrected chi connectivity index (χ1v) is 5.22. The van der Waals surface area contributed by atoms with E-state index in [0.29, 0.717) is 18.6 Å². The van der Waals surface area contributed by atoms with Crippen molar-refractivity contribution < 1.29 is 4.74 Å². The maximum absolute atomic E-state index is 7.35. The molecule has 4 nitrogen and oxygen atoms in total. The van der Waals surface area contributed by atoms with Crippen molar-refractivity contribution in [3.8, 4) is 0 Å². The Balaban J connectivity index is 2.51. The molecule has 0 aromatic carbocycles. The molecular formula is C10H21N3O. The number of hydrogen-bond acceptors (Lipinski definition) is 3. The van der Waals surface area contributed by atoms with Gasteiger partial charge in [-0.1, -0.05) is 13.8 Å². The lowest BCUT2D eigenvalue weighted by Crippen LogP contribution is -2.52. The molecule has 0 aromatic heterocycles. The standard InChI is InChI=1S/C10H21N3O/c1-7(2)8(3)13-4-5-14-9(6-13)10(11)12/h7-9H,4-6H2,1-3H3,(H3,11,12). The summed E-state index contributed by atoms with van der Waals surface area (Å²) in [6.07, 6.45) is -0.204. The van der Waals surface area contributed by atoms with Crippen LogP contribution in [0.25, 0.3) is 0 Å². The quantitative estimate of drug-likeness (QED) is 0.518. The van der Waals surface area contributed by atoms with E-state index in [1.54, 1.807) is 0 Å². The van der Waals surface area contributed by atoms with Gasteiger partial charge in [0.05, 0.1) is 6.61 Å². The first-order chi connectivity index (χ1) is 6.52. The summed E-state index contributed by atoms with van der Waals surface area (Å²) in [4.78, 5) is 2.35. The van der Waals surface area contributed by atoms with Crippen molar-refractivity contribution in [3.63, 3.8) is 0 Å². The molecule has 0 saturated carbocycles. The van der Waals surface area contributed by atoms with Crippen LogP contribution in [0.2, 0.25) is 0 Å². The summed E-state index contributed by atoms with van der Waals surface area (Å²) < 4.78 is 5.41. The SMILES string of the molecule is CC(C)C(C)N1CCOC(C(=N)N)C1. The minimum atomic E-state index is -0.204. The molecule has 1 saturated heterocycles. The van der Waals surface area contributed by atoms with Gasteiger partial charge in [0.15, 0.2) is 0 Å². The molecule has 0 spiro atoms. The van der Waals surface area contributed by atoms with Gasteiger partial charge in [-0.25, -0.2) is 0 Å². The predicted octanol–water partition coefficient (Wildman–Crippen LogP) is 0.668. The summed E-state index contributed by atoms with van der Waals surface area (Å²) in [7, 11) is 0. The average molecular weight is 199 g/mol. The zero-order valence-corrected chi connectivity index (χ0v) is 9.29. The number of nitrogens with two attached hydrogens (primary N) is 1. The lowest BCUT2D eigenvalue weighted by atomic mass is 10.0. The molecule has 2 atom stereocenters. The monoisotopic (exact) mass is 199 g/mol. The van der Waals surface area contributed by atoms with E-state index in [9.17, 15) is 0 Å². The second-order valence-corrected chi connectivity index (χ2v) is 4.29. The van der Waals surface area contributed by atoms with Crippen LogP contribution in [-0.4, -0.2) is 42.6 Å². The van der Waals surface area contributed by atoms with Crippen molar-refractivity contribution in [2.75, 3.05) is 19.7 Å². The fraction of sp³-hybridized carbons (Fsp3) is 0.900. The predicted molar refractivity (Wildman–Crippen MR) is 57.5 cm³/mol. The molecule has 0 amide bonds. The molecule has 0 aromatic rings. The van der Waals surface area contributed by atoms with Crippen LogP contribution < -0.4 is 5.73 Å². The molecule has 82 valence electrons. The molecule has 0 radical (unpaired) electrons. The van der Waals surface area contributed by atoms with E-state index in [0.717, 1.165) is 13.1 Å². The highest BCUT2D eigenvalue weighted by Crippen LogP contribution is 2.14. The Morgan fingerprint density at radius 2 is 2.14 bits per heavy atom. The summed E-state index contributed by atoms with van der Waals surface area (Å²) in [5.74, 6) is 0.770. The number of nitrogens with zero attached hydrogens (tertiary/aromatic N) is 1. The van der Waals surface area contributed by atoms with E-state index in [1.165, 1.54) is 0 Å². The molecule has 1 fully saturated rings. The third-order valence-corrected chi connectivity index (χ3v) is 2.99. The second-order valence-electron chi connectivity index (χ2n) is 4.29. The van der Waals surface area contributed by atoms with Crippen molar-refractivity contribution in [2.24, 2.45) is 11.7 Å². The number of amidine groups is 1. The highest BCUT2D eigenvalue weighted by atomic mass is 16.5. The van der Waals surface area contributed by atoms with Gasteiger partial charge in [-0.3, -0.25) is 10.3 Å². The van der Waals surface area contributed by atoms with Crippen LogP contribution in [0.5, 0.6) is 0 Å². The Labute approximate surface area is 85.9 Å². The van der Waals surface area contributed by atoms with E-state index in [1.807, 2.05) is 0 Å². The lowest BCUT2D eigenvalue weighted by molar-refractivity contribution is -0.0169. The summed E-state index contributed by atoms with van der Waals surface area (Å²) in [5.41, 5.74) is 5.44. The Morgan fingerprint density at radius 3 is 2.64 bits per heavy atom. The first-order valence-electron chi connectivity index (χ1n) is 5.22. The minimum absolute atomic E-state index is 0.144. The van der Waals surface area contributed by atoms with Crippen molar-refractivity contribution in [1.82, 2.24) is 4.90 Å². The molecule has 14 heavy (non-hydrogen) atoms. The van der Waals surface area contributed by atoms with Gasteiger partial charge in [0.1, 0.15) is 11.9 Å². The number of nitrogens with one attached hydrogen (secondary N) is 1. The van der Waals surface area contributed by atoms with Crippen LogP contribution in [0.1, 0.15) is 20.8 Å². The zero-order chi connectivity index (χ0) is 10.7.